The van der Waals surface area contributed by atoms with Crippen LogP contribution in [0, 0.1) is 11.3 Å². The Morgan fingerprint density at radius 1 is 1.11 bits per heavy atom. The molecule has 0 spiro atoms. The van der Waals surface area contributed by atoms with Gasteiger partial charge in [0.25, 0.3) is 0 Å². The Bertz CT molecular complexity index is 569. The van der Waals surface area contributed by atoms with E-state index in [0.29, 0.717) is 12.2 Å². The average Bonchev–Trinajstić information content (AvgIpc) is 2.45. The maximum absolute atomic E-state index is 8.84. The molecule has 0 unspecified atom stereocenters. The van der Waals surface area contributed by atoms with Crippen molar-refractivity contribution in [1.82, 2.24) is 0 Å². The molecule has 2 nitrogen and oxygen atoms in total. The second-order valence-electron chi connectivity index (χ2n) is 4.06. The fraction of sp³-hybridized carbons (Fsp3) is 0.188. The Hall–Kier alpha value is -2.27. The number of hydrogen-bond acceptors (Lipinski definition) is 2. The van der Waals surface area contributed by atoms with Crippen molar-refractivity contribution in [3.05, 3.63) is 65.2 Å². The standard InChI is InChI=1S/C16H15NO/c1-2-15-8-3-4-9-16(15)18-12-14-7-5-6-13(10-14)11-17/h3-10H,2,12H2,1H3. The molecule has 0 bridgehead atoms. The van der Waals surface area contributed by atoms with Crippen LogP contribution in [0.1, 0.15) is 23.6 Å². The quantitative estimate of drug-likeness (QED) is 0.812. The van der Waals surface area contributed by atoms with E-state index in [9.17, 15) is 0 Å². The third kappa shape index (κ3) is 2.89. The minimum atomic E-state index is 0.493. The number of nitriles is 1. The summed E-state index contributed by atoms with van der Waals surface area (Å²) in [5, 5.41) is 8.84. The van der Waals surface area contributed by atoms with Crippen molar-refractivity contribution >= 4 is 0 Å². The van der Waals surface area contributed by atoms with Crippen molar-refractivity contribution < 1.29 is 4.74 Å². The smallest absolute Gasteiger partial charge is 0.122 e. The van der Waals surface area contributed by atoms with Gasteiger partial charge in [-0.2, -0.15) is 5.26 Å². The van der Waals surface area contributed by atoms with Gasteiger partial charge in [0.1, 0.15) is 12.4 Å². The van der Waals surface area contributed by atoms with Gasteiger partial charge < -0.3 is 4.74 Å². The molecule has 2 rings (SSSR count). The molecule has 0 aliphatic rings. The van der Waals surface area contributed by atoms with Gasteiger partial charge in [0.15, 0.2) is 0 Å². The van der Waals surface area contributed by atoms with E-state index in [0.717, 1.165) is 17.7 Å². The van der Waals surface area contributed by atoms with Crippen LogP contribution in [0.5, 0.6) is 5.75 Å². The topological polar surface area (TPSA) is 33.0 Å². The SMILES string of the molecule is CCc1ccccc1OCc1cccc(C#N)c1. The van der Waals surface area contributed by atoms with Gasteiger partial charge in [-0.15, -0.1) is 0 Å². The molecule has 0 atom stereocenters. The van der Waals surface area contributed by atoms with Crippen LogP contribution in [-0.2, 0) is 13.0 Å². The first kappa shape index (κ1) is 12.2. The van der Waals surface area contributed by atoms with Crippen LogP contribution in [0.4, 0.5) is 0 Å². The molecule has 2 aromatic carbocycles. The van der Waals surface area contributed by atoms with E-state index in [-0.39, 0.29) is 0 Å². The van der Waals surface area contributed by atoms with Gasteiger partial charge in [0, 0.05) is 0 Å². The van der Waals surface area contributed by atoms with Gasteiger partial charge in [-0.25, -0.2) is 0 Å². The highest BCUT2D eigenvalue weighted by Gasteiger charge is 2.01. The molecule has 0 aromatic heterocycles. The van der Waals surface area contributed by atoms with Crippen molar-refractivity contribution in [2.45, 2.75) is 20.0 Å². The molecule has 2 aromatic rings. The summed E-state index contributed by atoms with van der Waals surface area (Å²) in [7, 11) is 0. The minimum absolute atomic E-state index is 0.493. The summed E-state index contributed by atoms with van der Waals surface area (Å²) in [5.74, 6) is 0.919. The number of rotatable bonds is 4. The van der Waals surface area contributed by atoms with Gasteiger partial charge >= 0.3 is 0 Å². The number of aryl methyl sites for hydroxylation is 1. The van der Waals surface area contributed by atoms with Crippen LogP contribution < -0.4 is 4.74 Å². The molecular formula is C16H15NO. The molecule has 0 fully saturated rings. The fourth-order valence-corrected chi connectivity index (χ4v) is 1.83. The summed E-state index contributed by atoms with van der Waals surface area (Å²) in [5.41, 5.74) is 2.88. The van der Waals surface area contributed by atoms with Crippen LogP contribution in [-0.4, -0.2) is 0 Å². The maximum Gasteiger partial charge on any atom is 0.122 e. The summed E-state index contributed by atoms with van der Waals surface area (Å²) in [4.78, 5) is 0. The van der Waals surface area contributed by atoms with Crippen molar-refractivity contribution in [2.24, 2.45) is 0 Å². The second kappa shape index (κ2) is 5.88. The number of ether oxygens (including phenoxy) is 1. The van der Waals surface area contributed by atoms with Crippen molar-refractivity contribution in [3.63, 3.8) is 0 Å². The summed E-state index contributed by atoms with van der Waals surface area (Å²) in [6.45, 7) is 2.60. The first-order valence-corrected chi connectivity index (χ1v) is 6.03. The van der Waals surface area contributed by atoms with Gasteiger partial charge in [-0.3, -0.25) is 0 Å². The summed E-state index contributed by atoms with van der Waals surface area (Å²) < 4.78 is 5.80. The van der Waals surface area contributed by atoms with Gasteiger partial charge in [0.2, 0.25) is 0 Å². The van der Waals surface area contributed by atoms with E-state index in [2.05, 4.69) is 19.1 Å². The predicted octanol–water partition coefficient (Wildman–Crippen LogP) is 3.70. The van der Waals surface area contributed by atoms with E-state index in [4.69, 9.17) is 10.00 Å². The summed E-state index contributed by atoms with van der Waals surface area (Å²) in [6.07, 6.45) is 0.953. The van der Waals surface area contributed by atoms with Gasteiger partial charge in [0.05, 0.1) is 11.6 Å². The highest BCUT2D eigenvalue weighted by Crippen LogP contribution is 2.19. The van der Waals surface area contributed by atoms with Crippen LogP contribution >= 0.6 is 0 Å². The van der Waals surface area contributed by atoms with Crippen LogP contribution in [0.2, 0.25) is 0 Å². The van der Waals surface area contributed by atoms with E-state index < -0.39 is 0 Å². The zero-order chi connectivity index (χ0) is 12.8. The Morgan fingerprint density at radius 3 is 2.72 bits per heavy atom. The highest BCUT2D eigenvalue weighted by molar-refractivity contribution is 5.35. The molecule has 0 amide bonds. The molecule has 0 radical (unpaired) electrons. The maximum atomic E-state index is 8.84. The molecule has 90 valence electrons. The molecule has 2 heteroatoms. The molecule has 0 heterocycles. The molecular weight excluding hydrogens is 222 g/mol. The lowest BCUT2D eigenvalue weighted by Gasteiger charge is -2.10. The first-order valence-electron chi connectivity index (χ1n) is 6.03. The normalized spacial score (nSPS) is 9.78. The third-order valence-corrected chi connectivity index (χ3v) is 2.80. The van der Waals surface area contributed by atoms with E-state index in [1.54, 1.807) is 6.07 Å². The minimum Gasteiger partial charge on any atom is -0.489 e. The van der Waals surface area contributed by atoms with Gasteiger partial charge in [-0.1, -0.05) is 37.3 Å². The fourth-order valence-electron chi connectivity index (χ4n) is 1.83. The Morgan fingerprint density at radius 2 is 1.94 bits per heavy atom. The summed E-state index contributed by atoms with van der Waals surface area (Å²) in [6, 6.07) is 17.7. The Kier molecular flexibility index (Phi) is 3.98. The van der Waals surface area contributed by atoms with Gasteiger partial charge in [-0.05, 0) is 35.7 Å². The van der Waals surface area contributed by atoms with Crippen LogP contribution in [0.15, 0.2) is 48.5 Å². The van der Waals surface area contributed by atoms with E-state index in [1.165, 1.54) is 5.56 Å². The monoisotopic (exact) mass is 237 g/mol. The van der Waals surface area contributed by atoms with Crippen molar-refractivity contribution in [2.75, 3.05) is 0 Å². The predicted molar refractivity (Wildman–Crippen MR) is 71.3 cm³/mol. The van der Waals surface area contributed by atoms with E-state index >= 15 is 0 Å². The highest BCUT2D eigenvalue weighted by atomic mass is 16.5. The average molecular weight is 237 g/mol. The lowest BCUT2D eigenvalue weighted by Crippen LogP contribution is -1.98. The summed E-state index contributed by atoms with van der Waals surface area (Å²) >= 11 is 0. The first-order chi connectivity index (χ1) is 8.83. The van der Waals surface area contributed by atoms with Crippen LogP contribution in [0.25, 0.3) is 0 Å². The number of para-hydroxylation sites is 1. The number of hydrogen-bond donors (Lipinski definition) is 0. The Balaban J connectivity index is 2.09. The molecule has 0 saturated heterocycles. The lowest BCUT2D eigenvalue weighted by atomic mass is 10.1. The molecule has 0 aliphatic carbocycles. The molecule has 0 aliphatic heterocycles. The molecule has 0 N–H and O–H groups in total. The third-order valence-electron chi connectivity index (χ3n) is 2.80. The lowest BCUT2D eigenvalue weighted by molar-refractivity contribution is 0.303. The van der Waals surface area contributed by atoms with Crippen molar-refractivity contribution in [1.29, 1.82) is 5.26 Å². The molecule has 18 heavy (non-hydrogen) atoms. The van der Waals surface area contributed by atoms with Crippen molar-refractivity contribution in [3.8, 4) is 11.8 Å². The van der Waals surface area contributed by atoms with Crippen LogP contribution in [0.3, 0.4) is 0 Å². The van der Waals surface area contributed by atoms with E-state index in [1.807, 2.05) is 36.4 Å². The number of nitrogens with zero attached hydrogens (tertiary/aromatic N) is 1. The Labute approximate surface area is 107 Å². The number of benzene rings is 2. The second-order valence-corrected chi connectivity index (χ2v) is 4.06. The largest absolute Gasteiger partial charge is 0.489 e. The molecule has 0 saturated carbocycles. The zero-order valence-corrected chi connectivity index (χ0v) is 10.4. The zero-order valence-electron chi connectivity index (χ0n) is 10.4.